The lowest BCUT2D eigenvalue weighted by Gasteiger charge is -2.41. The molecule has 0 bridgehead atoms. The van der Waals surface area contributed by atoms with E-state index in [1.807, 2.05) is 6.92 Å². The van der Waals surface area contributed by atoms with E-state index in [1.165, 1.54) is 0 Å². The van der Waals surface area contributed by atoms with Gasteiger partial charge in [0.25, 0.3) is 10.2 Å². The smallest absolute Gasteiger partial charge is 0.282 e. The first-order valence-corrected chi connectivity index (χ1v) is 9.46. The van der Waals surface area contributed by atoms with Gasteiger partial charge < -0.3 is 5.32 Å². The second-order valence-corrected chi connectivity index (χ2v) is 7.87. The van der Waals surface area contributed by atoms with Crippen LogP contribution in [0.4, 0.5) is 0 Å². The normalized spacial score (nSPS) is 30.5. The van der Waals surface area contributed by atoms with Crippen LogP contribution in [0.3, 0.4) is 0 Å². The van der Waals surface area contributed by atoms with Crippen LogP contribution < -0.4 is 5.32 Å². The molecule has 2 fully saturated rings. The van der Waals surface area contributed by atoms with E-state index in [2.05, 4.69) is 12.2 Å². The van der Waals surface area contributed by atoms with E-state index in [0.29, 0.717) is 13.1 Å². The molecule has 2 unspecified atom stereocenters. The minimum absolute atomic E-state index is 0.128. The SMILES string of the molecule is CCNCC1CCCCN1S(=O)(=O)N1CCCCC1C. The molecule has 20 heavy (non-hydrogen) atoms. The van der Waals surface area contributed by atoms with Gasteiger partial charge in [-0.3, -0.25) is 0 Å². The maximum atomic E-state index is 12.9. The standard InChI is InChI=1S/C14H29N3O2S/c1-3-15-12-14-9-5-7-11-17(14)20(18,19)16-10-6-4-8-13(16)2/h13-15H,3-12H2,1-2H3. The largest absolute Gasteiger partial charge is 0.315 e. The van der Waals surface area contributed by atoms with Gasteiger partial charge in [-0.2, -0.15) is 17.0 Å². The molecule has 0 spiro atoms. The van der Waals surface area contributed by atoms with Gasteiger partial charge >= 0.3 is 0 Å². The Kier molecular flexibility index (Phi) is 5.84. The van der Waals surface area contributed by atoms with Crippen LogP contribution in [0.15, 0.2) is 0 Å². The minimum atomic E-state index is -3.29. The van der Waals surface area contributed by atoms with Crippen LogP contribution in [0.1, 0.15) is 52.4 Å². The summed E-state index contributed by atoms with van der Waals surface area (Å²) in [6.07, 6.45) is 6.24. The van der Waals surface area contributed by atoms with Crippen LogP contribution in [0.5, 0.6) is 0 Å². The van der Waals surface area contributed by atoms with Crippen LogP contribution >= 0.6 is 0 Å². The summed E-state index contributed by atoms with van der Waals surface area (Å²) in [5.74, 6) is 0. The van der Waals surface area contributed by atoms with Gasteiger partial charge in [-0.25, -0.2) is 0 Å². The molecule has 118 valence electrons. The molecule has 0 saturated carbocycles. The molecule has 2 aliphatic rings. The fourth-order valence-corrected chi connectivity index (χ4v) is 5.45. The van der Waals surface area contributed by atoms with Crippen molar-refractivity contribution in [2.45, 2.75) is 64.5 Å². The highest BCUT2D eigenvalue weighted by Crippen LogP contribution is 2.27. The zero-order valence-corrected chi connectivity index (χ0v) is 13.7. The van der Waals surface area contributed by atoms with Crippen molar-refractivity contribution in [2.75, 3.05) is 26.2 Å². The van der Waals surface area contributed by atoms with Crippen LogP contribution in [0.2, 0.25) is 0 Å². The Bertz CT molecular complexity index is 399. The Balaban J connectivity index is 2.12. The van der Waals surface area contributed by atoms with Crippen molar-refractivity contribution in [1.29, 1.82) is 0 Å². The van der Waals surface area contributed by atoms with E-state index in [-0.39, 0.29) is 12.1 Å². The van der Waals surface area contributed by atoms with E-state index in [1.54, 1.807) is 8.61 Å². The van der Waals surface area contributed by atoms with E-state index < -0.39 is 10.2 Å². The average Bonchev–Trinajstić information content (AvgIpc) is 2.45. The van der Waals surface area contributed by atoms with E-state index in [4.69, 9.17) is 0 Å². The molecule has 2 atom stereocenters. The second-order valence-electron chi connectivity index (χ2n) is 6.03. The van der Waals surface area contributed by atoms with Gasteiger partial charge in [-0.05, 0) is 39.2 Å². The van der Waals surface area contributed by atoms with Gasteiger partial charge in [-0.1, -0.05) is 19.8 Å². The fourth-order valence-electron chi connectivity index (χ4n) is 3.34. The van der Waals surface area contributed by atoms with Crippen molar-refractivity contribution in [2.24, 2.45) is 0 Å². The van der Waals surface area contributed by atoms with Crippen molar-refractivity contribution in [3.63, 3.8) is 0 Å². The molecule has 2 heterocycles. The molecule has 1 N–H and O–H groups in total. The molecule has 2 aliphatic heterocycles. The molecule has 0 amide bonds. The number of hydrogen-bond donors (Lipinski definition) is 1. The lowest BCUT2D eigenvalue weighted by atomic mass is 10.1. The zero-order chi connectivity index (χ0) is 14.6. The molecule has 2 rings (SSSR count). The highest BCUT2D eigenvalue weighted by atomic mass is 32.2. The number of hydrogen-bond acceptors (Lipinski definition) is 3. The third-order valence-corrected chi connectivity index (χ3v) is 6.75. The van der Waals surface area contributed by atoms with Gasteiger partial charge in [0.05, 0.1) is 0 Å². The minimum Gasteiger partial charge on any atom is -0.315 e. The average molecular weight is 303 g/mol. The summed E-state index contributed by atoms with van der Waals surface area (Å²) >= 11 is 0. The maximum Gasteiger partial charge on any atom is 0.282 e. The molecule has 6 heteroatoms. The Hall–Kier alpha value is -0.170. The van der Waals surface area contributed by atoms with E-state index in [9.17, 15) is 8.42 Å². The molecular weight excluding hydrogens is 274 g/mol. The summed E-state index contributed by atoms with van der Waals surface area (Å²) in [6.45, 7) is 7.15. The lowest BCUT2D eigenvalue weighted by molar-refractivity contribution is 0.200. The monoisotopic (exact) mass is 303 g/mol. The number of nitrogens with zero attached hydrogens (tertiary/aromatic N) is 2. The van der Waals surface area contributed by atoms with Gasteiger partial charge in [0.2, 0.25) is 0 Å². The molecule has 5 nitrogen and oxygen atoms in total. The van der Waals surface area contributed by atoms with E-state index >= 15 is 0 Å². The molecular formula is C14H29N3O2S. The first kappa shape index (κ1) is 16.2. The Morgan fingerprint density at radius 2 is 1.70 bits per heavy atom. The van der Waals surface area contributed by atoms with Crippen LogP contribution in [0, 0.1) is 0 Å². The van der Waals surface area contributed by atoms with Crippen molar-refractivity contribution < 1.29 is 8.42 Å². The van der Waals surface area contributed by atoms with Crippen molar-refractivity contribution >= 4 is 10.2 Å². The Morgan fingerprint density at radius 1 is 1.05 bits per heavy atom. The van der Waals surface area contributed by atoms with Crippen LogP contribution in [-0.4, -0.2) is 55.3 Å². The van der Waals surface area contributed by atoms with Crippen LogP contribution in [-0.2, 0) is 10.2 Å². The summed E-state index contributed by atoms with van der Waals surface area (Å²) in [5, 5.41) is 3.31. The van der Waals surface area contributed by atoms with Gasteiger partial charge in [0, 0.05) is 31.7 Å². The van der Waals surface area contributed by atoms with Crippen LogP contribution in [0.25, 0.3) is 0 Å². The lowest BCUT2D eigenvalue weighted by Crippen LogP contribution is -2.56. The van der Waals surface area contributed by atoms with Crippen molar-refractivity contribution in [1.82, 2.24) is 13.9 Å². The number of likely N-dealkylation sites (N-methyl/N-ethyl adjacent to an activating group) is 1. The van der Waals surface area contributed by atoms with Gasteiger partial charge in [-0.15, -0.1) is 0 Å². The molecule has 0 aromatic carbocycles. The zero-order valence-electron chi connectivity index (χ0n) is 12.8. The number of nitrogens with one attached hydrogen (secondary N) is 1. The number of piperidine rings is 2. The molecule has 2 saturated heterocycles. The topological polar surface area (TPSA) is 52.7 Å². The molecule has 0 radical (unpaired) electrons. The quantitative estimate of drug-likeness (QED) is 0.839. The van der Waals surface area contributed by atoms with Crippen molar-refractivity contribution in [3.8, 4) is 0 Å². The first-order chi connectivity index (χ1) is 9.57. The van der Waals surface area contributed by atoms with E-state index in [0.717, 1.165) is 51.6 Å². The summed E-state index contributed by atoms with van der Waals surface area (Å²) < 4.78 is 29.4. The third kappa shape index (κ3) is 3.53. The maximum absolute atomic E-state index is 12.9. The molecule has 0 aromatic heterocycles. The predicted molar refractivity (Wildman–Crippen MR) is 81.8 cm³/mol. The van der Waals surface area contributed by atoms with Gasteiger partial charge in [0.1, 0.15) is 0 Å². The van der Waals surface area contributed by atoms with Crippen molar-refractivity contribution in [3.05, 3.63) is 0 Å². The fraction of sp³-hybridized carbons (Fsp3) is 1.00. The first-order valence-electron chi connectivity index (χ1n) is 8.06. The summed E-state index contributed by atoms with van der Waals surface area (Å²) in [4.78, 5) is 0. The molecule has 0 aromatic rings. The predicted octanol–water partition coefficient (Wildman–Crippen LogP) is 1.57. The van der Waals surface area contributed by atoms with Gasteiger partial charge in [0.15, 0.2) is 0 Å². The second kappa shape index (κ2) is 7.20. The highest BCUT2D eigenvalue weighted by molar-refractivity contribution is 7.86. The third-order valence-electron chi connectivity index (χ3n) is 4.54. The Labute approximate surface area is 123 Å². The summed E-state index contributed by atoms with van der Waals surface area (Å²) in [6, 6.07) is 0.276. The Morgan fingerprint density at radius 3 is 2.35 bits per heavy atom. The number of rotatable bonds is 5. The molecule has 0 aliphatic carbocycles. The highest BCUT2D eigenvalue weighted by Gasteiger charge is 2.38. The summed E-state index contributed by atoms with van der Waals surface area (Å²) in [7, 11) is -3.29. The summed E-state index contributed by atoms with van der Waals surface area (Å²) in [5.41, 5.74) is 0.